The molecule has 0 aliphatic heterocycles. The lowest BCUT2D eigenvalue weighted by molar-refractivity contribution is 0.631. The Hall–Kier alpha value is -5.08. The number of nitrogens with zero attached hydrogens (tertiary/aromatic N) is 2. The molecule has 0 heterocycles. The van der Waals surface area contributed by atoms with Gasteiger partial charge in [0, 0.05) is 36.1 Å². The Labute approximate surface area is 401 Å². The van der Waals surface area contributed by atoms with E-state index in [1.165, 1.54) is 94.6 Å². The van der Waals surface area contributed by atoms with Crippen molar-refractivity contribution in [3.63, 3.8) is 0 Å². The van der Waals surface area contributed by atoms with E-state index >= 15 is 0 Å². The summed E-state index contributed by atoms with van der Waals surface area (Å²) in [5.74, 6) is 1.16. The number of aliphatic imine (C=N–C) groups is 2. The van der Waals surface area contributed by atoms with Crippen molar-refractivity contribution >= 4 is 18.1 Å². The summed E-state index contributed by atoms with van der Waals surface area (Å²) in [6, 6.07) is 33.8. The van der Waals surface area contributed by atoms with Gasteiger partial charge in [-0.3, -0.25) is 9.98 Å². The minimum absolute atomic E-state index is 0.161. The highest BCUT2D eigenvalue weighted by Crippen LogP contribution is 2.45. The van der Waals surface area contributed by atoms with Crippen molar-refractivity contribution in [3.8, 4) is 0 Å². The molecule has 0 N–H and O–H groups in total. The van der Waals surface area contributed by atoms with Crippen LogP contribution in [0, 0.1) is 12.8 Å². The molecule has 348 valence electrons. The lowest BCUT2D eigenvalue weighted by atomic mass is 9.76. The molecule has 6 rings (SSSR count). The van der Waals surface area contributed by atoms with Gasteiger partial charge in [-0.2, -0.15) is 0 Å². The normalized spacial score (nSPS) is 16.3. The first-order valence-corrected chi connectivity index (χ1v) is 25.9. The van der Waals surface area contributed by atoms with Crippen LogP contribution in [0.1, 0.15) is 204 Å². The lowest BCUT2D eigenvalue weighted by Crippen LogP contribution is -2.15. The molecule has 0 amide bonds. The zero-order valence-corrected chi connectivity index (χ0v) is 43.5. The maximum Gasteiger partial charge on any atom is 0.0706 e. The summed E-state index contributed by atoms with van der Waals surface area (Å²) < 4.78 is 0. The maximum absolute atomic E-state index is 5.57. The van der Waals surface area contributed by atoms with E-state index in [0.29, 0.717) is 5.92 Å². The molecule has 0 saturated heterocycles. The third-order valence-corrected chi connectivity index (χ3v) is 14.9. The van der Waals surface area contributed by atoms with E-state index in [-0.39, 0.29) is 23.7 Å². The highest BCUT2D eigenvalue weighted by molar-refractivity contribution is 6.17. The molecule has 1 aliphatic carbocycles. The first kappa shape index (κ1) is 50.3. The Morgan fingerprint density at radius 2 is 0.758 bits per heavy atom. The smallest absolute Gasteiger partial charge is 0.0706 e. The van der Waals surface area contributed by atoms with Crippen LogP contribution in [0.2, 0.25) is 0 Å². The fraction of sp³-hybridized carbons (Fsp3) is 0.438. The van der Waals surface area contributed by atoms with Crippen molar-refractivity contribution < 1.29 is 0 Å². The number of hydrogen-bond donors (Lipinski definition) is 0. The molecule has 0 saturated carbocycles. The Morgan fingerprint density at radius 3 is 1.11 bits per heavy atom. The van der Waals surface area contributed by atoms with Crippen molar-refractivity contribution in [3.05, 3.63) is 191 Å². The standard InChI is InChI=1S/C64H82N2/c1-15-47-29-48(16-2)34-55(33-47)43(11)59-25-41(9)26-60(44(12)56-35-49(17-3)30-50(18-4)36-56)63(59)65-23-24-66-64-61(45(13)57-37-51(19-5)31-52(20-6)38-57)27-42(10)28-62(64)46(14)58-39-53(21-7)32-54(22-8)40-58/h23-27,29-40,42-46H,15-22,28H2,1-14H3/t42?,43-,44-,45-,46-/m1/s1. The quantitative estimate of drug-likeness (QED) is 0.0739. The van der Waals surface area contributed by atoms with Gasteiger partial charge in [0.15, 0.2) is 0 Å². The first-order chi connectivity index (χ1) is 31.8. The SMILES string of the molecule is CCc1cc(CC)cc([C@@H](C)c2cc(C)cc([C@H](C)c3cc(CC)cc(CC)c3)c2N=CC=NC2=C([C@H](C)c3cc(CC)cc(CC)c3)CC(C)C=C2[C@H](C)c2cc(CC)cc(CC)c2)c1. The summed E-state index contributed by atoms with van der Waals surface area (Å²) in [5.41, 5.74) is 25.6. The van der Waals surface area contributed by atoms with Gasteiger partial charge < -0.3 is 0 Å². The summed E-state index contributed by atoms with van der Waals surface area (Å²) >= 11 is 0. The summed E-state index contributed by atoms with van der Waals surface area (Å²) in [6.07, 6.45) is 15.8. The highest BCUT2D eigenvalue weighted by Gasteiger charge is 2.29. The van der Waals surface area contributed by atoms with Crippen molar-refractivity contribution in [2.45, 2.75) is 178 Å². The predicted octanol–water partition coefficient (Wildman–Crippen LogP) is 17.4. The second-order valence-corrected chi connectivity index (χ2v) is 19.6. The molecule has 2 nitrogen and oxygen atoms in total. The van der Waals surface area contributed by atoms with E-state index in [0.717, 1.165) is 69.2 Å². The predicted molar refractivity (Wildman–Crippen MR) is 289 cm³/mol. The largest absolute Gasteiger partial charge is 0.255 e. The molecular weight excluding hydrogens is 797 g/mol. The average molecular weight is 879 g/mol. The minimum Gasteiger partial charge on any atom is -0.255 e. The molecule has 1 aliphatic rings. The summed E-state index contributed by atoms with van der Waals surface area (Å²) in [4.78, 5) is 11.1. The first-order valence-electron chi connectivity index (χ1n) is 25.9. The van der Waals surface area contributed by atoms with E-state index in [9.17, 15) is 0 Å². The van der Waals surface area contributed by atoms with Crippen LogP contribution in [0.5, 0.6) is 0 Å². The average Bonchev–Trinajstić information content (AvgIpc) is 3.35. The van der Waals surface area contributed by atoms with Gasteiger partial charge in [0.05, 0.1) is 11.4 Å². The molecular formula is C64H82N2. The Morgan fingerprint density at radius 1 is 0.439 bits per heavy atom. The molecule has 0 fully saturated rings. The Kier molecular flexibility index (Phi) is 17.6. The van der Waals surface area contributed by atoms with Crippen LogP contribution < -0.4 is 0 Å². The van der Waals surface area contributed by atoms with Crippen LogP contribution >= 0.6 is 0 Å². The molecule has 2 heteroatoms. The Balaban J connectivity index is 1.54. The fourth-order valence-electron chi connectivity index (χ4n) is 10.4. The van der Waals surface area contributed by atoms with Crippen molar-refractivity contribution in [2.75, 3.05) is 0 Å². The van der Waals surface area contributed by atoms with Gasteiger partial charge in [-0.05, 0) is 160 Å². The van der Waals surface area contributed by atoms with E-state index in [1.54, 1.807) is 0 Å². The number of benzene rings is 5. The second-order valence-electron chi connectivity index (χ2n) is 19.6. The van der Waals surface area contributed by atoms with Crippen LogP contribution in [0.3, 0.4) is 0 Å². The molecule has 5 aromatic carbocycles. The summed E-state index contributed by atoms with van der Waals surface area (Å²) in [6.45, 7) is 32.4. The lowest BCUT2D eigenvalue weighted by Gasteiger charge is -2.31. The van der Waals surface area contributed by atoms with Crippen LogP contribution in [0.25, 0.3) is 0 Å². The van der Waals surface area contributed by atoms with Crippen LogP contribution in [0.15, 0.2) is 118 Å². The molecule has 1 unspecified atom stereocenters. The molecule has 0 radical (unpaired) electrons. The van der Waals surface area contributed by atoms with Crippen LogP contribution in [-0.2, 0) is 51.4 Å². The van der Waals surface area contributed by atoms with Gasteiger partial charge in [0.2, 0.25) is 0 Å². The van der Waals surface area contributed by atoms with Crippen LogP contribution in [0.4, 0.5) is 5.69 Å². The molecule has 5 aromatic rings. The van der Waals surface area contributed by atoms with E-state index in [2.05, 4.69) is 188 Å². The topological polar surface area (TPSA) is 24.7 Å². The van der Waals surface area contributed by atoms with Gasteiger partial charge in [0.1, 0.15) is 0 Å². The molecule has 0 bridgehead atoms. The Bertz CT molecular complexity index is 2420. The van der Waals surface area contributed by atoms with Crippen molar-refractivity contribution in [1.82, 2.24) is 0 Å². The second kappa shape index (κ2) is 23.1. The van der Waals surface area contributed by atoms with Gasteiger partial charge >= 0.3 is 0 Å². The summed E-state index contributed by atoms with van der Waals surface area (Å²) in [7, 11) is 0. The van der Waals surface area contributed by atoms with E-state index in [4.69, 9.17) is 9.98 Å². The molecule has 5 atom stereocenters. The molecule has 66 heavy (non-hydrogen) atoms. The van der Waals surface area contributed by atoms with E-state index < -0.39 is 0 Å². The van der Waals surface area contributed by atoms with E-state index in [1.807, 2.05) is 12.4 Å². The minimum atomic E-state index is 0.161. The van der Waals surface area contributed by atoms with Crippen LogP contribution in [-0.4, -0.2) is 12.4 Å². The van der Waals surface area contributed by atoms with Gasteiger partial charge in [-0.1, -0.05) is 187 Å². The third-order valence-electron chi connectivity index (χ3n) is 14.9. The summed E-state index contributed by atoms with van der Waals surface area (Å²) in [5, 5.41) is 0. The number of allylic oxidation sites excluding steroid dienone is 3. The zero-order valence-electron chi connectivity index (χ0n) is 43.5. The highest BCUT2D eigenvalue weighted by atomic mass is 14.8. The van der Waals surface area contributed by atoms with Gasteiger partial charge in [-0.25, -0.2) is 0 Å². The molecule has 0 aromatic heterocycles. The van der Waals surface area contributed by atoms with Crippen molar-refractivity contribution in [2.24, 2.45) is 15.9 Å². The number of hydrogen-bond acceptors (Lipinski definition) is 2. The number of rotatable bonds is 19. The third kappa shape index (κ3) is 11.7. The monoisotopic (exact) mass is 879 g/mol. The van der Waals surface area contributed by atoms with Gasteiger partial charge in [0.25, 0.3) is 0 Å². The maximum atomic E-state index is 5.57. The van der Waals surface area contributed by atoms with Gasteiger partial charge in [-0.15, -0.1) is 0 Å². The van der Waals surface area contributed by atoms with Crippen molar-refractivity contribution in [1.29, 1.82) is 0 Å². The fourth-order valence-corrected chi connectivity index (χ4v) is 10.4. The number of aryl methyl sites for hydroxylation is 9. The molecule has 0 spiro atoms. The zero-order chi connectivity index (χ0) is 47.7.